The Balaban J connectivity index is 1.31. The molecule has 0 bridgehead atoms. The quantitative estimate of drug-likeness (QED) is 0.177. The molecule has 0 aliphatic carbocycles. The van der Waals surface area contributed by atoms with Crippen LogP contribution in [-0.2, 0) is 22.6 Å². The van der Waals surface area contributed by atoms with Crippen LogP contribution in [0.3, 0.4) is 0 Å². The molecule has 0 spiro atoms. The van der Waals surface area contributed by atoms with Gasteiger partial charge in [0.2, 0.25) is 12.5 Å². The van der Waals surface area contributed by atoms with Gasteiger partial charge in [-0.2, -0.15) is 4.57 Å². The molecule has 39 heavy (non-hydrogen) atoms. The highest BCUT2D eigenvalue weighted by atomic mass is 16.7. The number of carbonyl (C=O) groups is 2. The number of phenolic OH excluding ortho intramolecular Hbond substituents is 1. The van der Waals surface area contributed by atoms with Crippen molar-refractivity contribution in [1.29, 1.82) is 0 Å². The summed E-state index contributed by atoms with van der Waals surface area (Å²) in [4.78, 5) is 24.0. The maximum Gasteiger partial charge on any atom is 0.336 e. The second-order valence-corrected chi connectivity index (χ2v) is 9.14. The topological polar surface area (TPSA) is 104 Å². The van der Waals surface area contributed by atoms with Crippen LogP contribution >= 0.6 is 0 Å². The van der Waals surface area contributed by atoms with Gasteiger partial charge in [-0.25, -0.2) is 4.79 Å². The molecule has 0 saturated carbocycles. The Bertz CT molecular complexity index is 1690. The van der Waals surface area contributed by atoms with E-state index in [2.05, 4.69) is 10.6 Å². The lowest BCUT2D eigenvalue weighted by atomic mass is 9.95. The van der Waals surface area contributed by atoms with Crippen LogP contribution in [0.15, 0.2) is 60.8 Å². The van der Waals surface area contributed by atoms with Crippen molar-refractivity contribution >= 4 is 28.8 Å². The summed E-state index contributed by atoms with van der Waals surface area (Å²) >= 11 is 0. The Morgan fingerprint density at radius 2 is 1.79 bits per heavy atom. The molecule has 3 aromatic carbocycles. The van der Waals surface area contributed by atoms with Crippen LogP contribution in [-0.4, -0.2) is 30.9 Å². The fraction of sp³-hybridized carbons (Fsp3) is 0.167. The van der Waals surface area contributed by atoms with E-state index in [9.17, 15) is 14.7 Å². The number of rotatable bonds is 5. The predicted octanol–water partition coefficient (Wildman–Crippen LogP) is 4.34. The van der Waals surface area contributed by atoms with Crippen molar-refractivity contribution in [3.05, 3.63) is 71.9 Å². The lowest BCUT2D eigenvalue weighted by Crippen LogP contribution is -2.40. The Hall–Kier alpha value is -5.05. The van der Waals surface area contributed by atoms with E-state index in [1.54, 1.807) is 12.1 Å². The van der Waals surface area contributed by atoms with E-state index in [0.29, 0.717) is 17.1 Å². The maximum atomic E-state index is 12.8. The van der Waals surface area contributed by atoms with Crippen LogP contribution in [0.1, 0.15) is 18.1 Å². The number of ether oxygens (including phenoxy) is 5. The lowest BCUT2D eigenvalue weighted by molar-refractivity contribution is -0.686. The highest BCUT2D eigenvalue weighted by molar-refractivity contribution is 5.96. The number of esters is 2. The number of aromatic nitrogens is 1. The van der Waals surface area contributed by atoms with E-state index in [1.165, 1.54) is 43.9 Å². The van der Waals surface area contributed by atoms with E-state index in [-0.39, 0.29) is 18.3 Å². The van der Waals surface area contributed by atoms with Crippen molar-refractivity contribution in [2.45, 2.75) is 19.9 Å². The second kappa shape index (κ2) is 9.68. The highest BCUT2D eigenvalue weighted by Crippen LogP contribution is 2.41. The fourth-order valence-electron chi connectivity index (χ4n) is 4.84. The van der Waals surface area contributed by atoms with Crippen LogP contribution in [0.5, 0.6) is 34.5 Å². The van der Waals surface area contributed by atoms with Crippen LogP contribution < -0.4 is 28.3 Å². The lowest BCUT2D eigenvalue weighted by Gasteiger charge is -2.17. The summed E-state index contributed by atoms with van der Waals surface area (Å²) in [5.74, 6) is 0.887. The molecule has 9 nitrogen and oxygen atoms in total. The van der Waals surface area contributed by atoms with Crippen molar-refractivity contribution in [3.63, 3.8) is 0 Å². The zero-order valence-electron chi connectivity index (χ0n) is 21.2. The number of aryl methyl sites for hydroxylation is 2. The van der Waals surface area contributed by atoms with Gasteiger partial charge in [0.05, 0.1) is 18.1 Å². The van der Waals surface area contributed by atoms with Gasteiger partial charge in [-0.1, -0.05) is 6.07 Å². The van der Waals surface area contributed by atoms with Gasteiger partial charge >= 0.3 is 11.9 Å². The maximum absolute atomic E-state index is 12.8. The number of hydrogen-bond donors (Lipinski definition) is 1. The average molecular weight is 527 g/mol. The van der Waals surface area contributed by atoms with Gasteiger partial charge in [0.15, 0.2) is 47.2 Å². The van der Waals surface area contributed by atoms with Crippen LogP contribution in [0.4, 0.5) is 0 Å². The Morgan fingerprint density at radius 3 is 2.56 bits per heavy atom. The van der Waals surface area contributed by atoms with Gasteiger partial charge in [0, 0.05) is 25.5 Å². The summed E-state index contributed by atoms with van der Waals surface area (Å²) in [6.07, 6.45) is 5.54. The summed E-state index contributed by atoms with van der Waals surface area (Å²) in [6, 6.07) is 14.2. The van der Waals surface area contributed by atoms with Crippen molar-refractivity contribution < 1.29 is 42.9 Å². The number of fused-ring (bicyclic) bond motifs is 5. The first kappa shape index (κ1) is 24.3. The molecule has 0 atom stereocenters. The fourth-order valence-corrected chi connectivity index (χ4v) is 4.84. The van der Waals surface area contributed by atoms with E-state index in [4.69, 9.17) is 23.7 Å². The van der Waals surface area contributed by atoms with Gasteiger partial charge in [-0.15, -0.1) is 0 Å². The molecule has 0 radical (unpaired) electrons. The number of benzene rings is 3. The van der Waals surface area contributed by atoms with E-state index >= 15 is 0 Å². The highest BCUT2D eigenvalue weighted by Gasteiger charge is 2.29. The predicted molar refractivity (Wildman–Crippen MR) is 140 cm³/mol. The number of aromatic hydroxyl groups is 1. The minimum Gasteiger partial charge on any atom is -0.504 e. The third kappa shape index (κ3) is 4.59. The summed E-state index contributed by atoms with van der Waals surface area (Å²) in [5, 5.41) is 11.7. The molecule has 0 fully saturated rings. The van der Waals surface area contributed by atoms with Gasteiger partial charge < -0.3 is 28.8 Å². The molecule has 0 saturated heterocycles. The summed E-state index contributed by atoms with van der Waals surface area (Å²) in [5.41, 5.74) is 3.82. The normalized spacial score (nSPS) is 13.2. The van der Waals surface area contributed by atoms with Crippen molar-refractivity contribution in [1.82, 2.24) is 0 Å². The second-order valence-electron chi connectivity index (χ2n) is 9.14. The third-order valence-electron chi connectivity index (χ3n) is 6.65. The first-order valence-corrected chi connectivity index (χ1v) is 12.3. The molecular weight excluding hydrogens is 502 g/mol. The Kier molecular flexibility index (Phi) is 6.03. The average Bonchev–Trinajstić information content (AvgIpc) is 3.38. The molecule has 2 aliphatic heterocycles. The van der Waals surface area contributed by atoms with Crippen molar-refractivity contribution in [2.75, 3.05) is 13.9 Å². The molecule has 0 unspecified atom stereocenters. The van der Waals surface area contributed by atoms with Crippen LogP contribution in [0.25, 0.3) is 28.1 Å². The summed E-state index contributed by atoms with van der Waals surface area (Å²) in [7, 11) is 1.52. The molecule has 6 rings (SSSR count). The van der Waals surface area contributed by atoms with E-state index in [0.717, 1.165) is 46.5 Å². The van der Waals surface area contributed by atoms with Crippen LogP contribution in [0, 0.1) is 0 Å². The number of nitrogens with zero attached hydrogens (tertiary/aromatic N) is 1. The van der Waals surface area contributed by atoms with E-state index < -0.39 is 11.9 Å². The number of carbonyl (C=O) groups excluding carboxylic acids is 2. The summed E-state index contributed by atoms with van der Waals surface area (Å²) in [6.45, 7) is 2.21. The molecule has 1 aromatic heterocycles. The zero-order chi connectivity index (χ0) is 27.1. The number of pyridine rings is 1. The van der Waals surface area contributed by atoms with E-state index in [1.807, 2.05) is 24.4 Å². The van der Waals surface area contributed by atoms with Gasteiger partial charge in [0.1, 0.15) is 0 Å². The van der Waals surface area contributed by atoms with Crippen LogP contribution in [0.2, 0.25) is 0 Å². The molecule has 1 N–H and O–H groups in total. The van der Waals surface area contributed by atoms with Crippen molar-refractivity contribution in [2.24, 2.45) is 0 Å². The molecule has 0 amide bonds. The molecule has 196 valence electrons. The SMILES string of the molecule is COc1ccc2cc3[n+](cc2c1OC(=O)/C=C/c1ccc(OC(C)=O)c(O)c1)CCc1cc2c(cc1-3)OCO2. The zero-order valence-corrected chi connectivity index (χ0v) is 21.2. The van der Waals surface area contributed by atoms with Gasteiger partial charge in [-0.05, 0) is 59.0 Å². The molecule has 3 heterocycles. The molecule has 2 aliphatic rings. The third-order valence-corrected chi connectivity index (χ3v) is 6.65. The van der Waals surface area contributed by atoms with Gasteiger partial charge in [0.25, 0.3) is 0 Å². The standard InChI is InChI=1S/C30H23NO8/c1-17(32)38-25-6-3-18(11-24(25)33)4-8-29(34)39-30-22-15-31-10-9-20-13-27-28(37-16-36-27)14-21(20)23(31)12-19(22)5-7-26(30)35-2/h3-8,11-15H,9-10,16H2,1-2H3/p+1/b8-4+. The number of hydrogen-bond acceptors (Lipinski definition) is 8. The largest absolute Gasteiger partial charge is 0.504 e. The number of methoxy groups -OCH3 is 1. The summed E-state index contributed by atoms with van der Waals surface area (Å²) < 4.78 is 29.5. The van der Waals surface area contributed by atoms with Gasteiger partial charge in [-0.3, -0.25) is 4.79 Å². The Labute approximate surface area is 223 Å². The van der Waals surface area contributed by atoms with Crippen molar-refractivity contribution in [3.8, 4) is 45.8 Å². The molecule has 4 aromatic rings. The number of phenols is 1. The smallest absolute Gasteiger partial charge is 0.336 e. The first-order chi connectivity index (χ1) is 18.9. The molecule has 9 heteroatoms. The first-order valence-electron chi connectivity index (χ1n) is 12.3. The Morgan fingerprint density at radius 1 is 1.00 bits per heavy atom. The minimum atomic E-state index is -0.620. The molecular formula is C30H24NO8+. The minimum absolute atomic E-state index is 0.0384. The monoisotopic (exact) mass is 526 g/mol.